The molecule has 0 aromatic heterocycles. The van der Waals surface area contributed by atoms with Gasteiger partial charge in [-0.1, -0.05) is 17.7 Å². The van der Waals surface area contributed by atoms with Crippen molar-refractivity contribution in [2.75, 3.05) is 7.11 Å². The molecule has 1 rings (SSSR count). The first-order chi connectivity index (χ1) is 7.15. The van der Waals surface area contributed by atoms with Gasteiger partial charge in [0.2, 0.25) is 0 Å². The molecular weight excluding hydrogens is 223 g/mol. The number of nitrogens with one attached hydrogen (secondary N) is 1. The van der Waals surface area contributed by atoms with Crippen molar-refractivity contribution in [2.24, 2.45) is 5.10 Å². The molecule has 1 aromatic carbocycles. The molecule has 0 fully saturated rings. The fraction of sp³-hybridized carbons (Fsp3) is 0.111. The summed E-state index contributed by atoms with van der Waals surface area (Å²) in [4.78, 5) is 10.6. The normalized spacial score (nSPS) is 10.3. The van der Waals surface area contributed by atoms with E-state index in [9.17, 15) is 9.18 Å². The third-order valence-corrected chi connectivity index (χ3v) is 1.86. The maximum absolute atomic E-state index is 13.1. The van der Waals surface area contributed by atoms with Crippen LogP contribution in [-0.4, -0.2) is 19.4 Å². The number of carbonyl (C=O) groups excluding carboxylic acids is 1. The molecule has 0 radical (unpaired) electrons. The summed E-state index contributed by atoms with van der Waals surface area (Å²) < 4.78 is 17.4. The summed E-state index contributed by atoms with van der Waals surface area (Å²) in [6, 6.07) is 4.23. The Morgan fingerprint density at radius 2 is 2.40 bits per heavy atom. The zero-order valence-electron chi connectivity index (χ0n) is 7.83. The third-order valence-electron chi connectivity index (χ3n) is 1.53. The van der Waals surface area contributed by atoms with Gasteiger partial charge in [-0.3, -0.25) is 0 Å². The summed E-state index contributed by atoms with van der Waals surface area (Å²) in [6.07, 6.45) is 0.368. The molecule has 0 heterocycles. The number of nitrogens with zero attached hydrogens (tertiary/aromatic N) is 1. The van der Waals surface area contributed by atoms with E-state index < -0.39 is 11.9 Å². The number of ether oxygens (including phenoxy) is 1. The lowest BCUT2D eigenvalue weighted by Gasteiger charge is -1.99. The second kappa shape index (κ2) is 5.31. The van der Waals surface area contributed by atoms with Crippen molar-refractivity contribution in [1.82, 2.24) is 5.43 Å². The minimum Gasteiger partial charge on any atom is -0.452 e. The van der Waals surface area contributed by atoms with Gasteiger partial charge in [0.15, 0.2) is 0 Å². The van der Waals surface area contributed by atoms with E-state index in [0.29, 0.717) is 0 Å². The molecule has 4 nitrogen and oxygen atoms in total. The molecule has 0 unspecified atom stereocenters. The summed E-state index contributed by atoms with van der Waals surface area (Å²) in [6.45, 7) is 0. The Labute approximate surface area is 90.7 Å². The van der Waals surface area contributed by atoms with E-state index >= 15 is 0 Å². The lowest BCUT2D eigenvalue weighted by molar-refractivity contribution is 0.171. The Balaban J connectivity index is 2.76. The largest absolute Gasteiger partial charge is 0.452 e. The number of hydrazone groups is 1. The summed E-state index contributed by atoms with van der Waals surface area (Å²) >= 11 is 5.70. The Morgan fingerprint density at radius 3 is 3.00 bits per heavy atom. The van der Waals surface area contributed by atoms with Crippen LogP contribution < -0.4 is 5.43 Å². The van der Waals surface area contributed by atoms with Crippen LogP contribution in [0.25, 0.3) is 0 Å². The summed E-state index contributed by atoms with van der Waals surface area (Å²) in [5, 5.41) is 3.67. The number of hydrogen-bond donors (Lipinski definition) is 1. The Kier molecular flexibility index (Phi) is 4.05. The van der Waals surface area contributed by atoms with Crippen molar-refractivity contribution >= 4 is 23.9 Å². The molecular formula is C9H8ClFN2O2. The lowest BCUT2D eigenvalue weighted by atomic mass is 10.2. The van der Waals surface area contributed by atoms with Crippen molar-refractivity contribution in [1.29, 1.82) is 0 Å². The van der Waals surface area contributed by atoms with Crippen molar-refractivity contribution in [3.63, 3.8) is 0 Å². The van der Waals surface area contributed by atoms with Crippen LogP contribution >= 0.6 is 11.6 Å². The van der Waals surface area contributed by atoms with E-state index in [2.05, 4.69) is 9.84 Å². The number of benzene rings is 1. The standard InChI is InChI=1S/C9H8ClFN2O2/c1-15-9(14)13-12-5-6-7(10)3-2-4-8(6)11/h2-5H,1H3,(H,13,14)/b12-5-. The topological polar surface area (TPSA) is 50.7 Å². The SMILES string of the molecule is COC(=O)N/N=C\c1c(F)cccc1Cl. The number of halogens is 2. The number of methoxy groups -OCH3 is 1. The van der Waals surface area contributed by atoms with E-state index in [1.165, 1.54) is 25.3 Å². The van der Waals surface area contributed by atoms with Gasteiger partial charge in [-0.15, -0.1) is 0 Å². The van der Waals surface area contributed by atoms with E-state index in [1.807, 2.05) is 5.43 Å². The molecule has 0 saturated carbocycles. The molecule has 6 heteroatoms. The second-order valence-corrected chi connectivity index (χ2v) is 2.90. The molecule has 15 heavy (non-hydrogen) atoms. The highest BCUT2D eigenvalue weighted by Gasteiger charge is 2.03. The van der Waals surface area contributed by atoms with Gasteiger partial charge in [-0.2, -0.15) is 5.10 Å². The van der Waals surface area contributed by atoms with Gasteiger partial charge in [-0.25, -0.2) is 14.6 Å². The first-order valence-electron chi connectivity index (χ1n) is 3.96. The smallest absolute Gasteiger partial charge is 0.427 e. The van der Waals surface area contributed by atoms with Crippen LogP contribution in [0.1, 0.15) is 5.56 Å². The number of rotatable bonds is 2. The van der Waals surface area contributed by atoms with Crippen LogP contribution in [0.5, 0.6) is 0 Å². The van der Waals surface area contributed by atoms with E-state index in [0.717, 1.165) is 6.21 Å². The summed E-state index contributed by atoms with van der Waals surface area (Å²) in [5.74, 6) is -0.516. The molecule has 0 aliphatic rings. The minimum absolute atomic E-state index is 0.107. The highest BCUT2D eigenvalue weighted by atomic mass is 35.5. The lowest BCUT2D eigenvalue weighted by Crippen LogP contribution is -2.16. The molecule has 0 atom stereocenters. The highest BCUT2D eigenvalue weighted by molar-refractivity contribution is 6.33. The average molecular weight is 231 g/mol. The predicted octanol–water partition coefficient (Wildman–Crippen LogP) is 2.17. The van der Waals surface area contributed by atoms with Crippen molar-refractivity contribution in [2.45, 2.75) is 0 Å². The van der Waals surface area contributed by atoms with Gasteiger partial charge in [0.25, 0.3) is 0 Å². The number of carbonyl (C=O) groups is 1. The Morgan fingerprint density at radius 1 is 1.67 bits per heavy atom. The molecule has 1 amide bonds. The molecule has 0 aliphatic heterocycles. The number of amides is 1. The van der Waals surface area contributed by atoms with Crippen LogP contribution in [0.3, 0.4) is 0 Å². The zero-order chi connectivity index (χ0) is 11.3. The van der Waals surface area contributed by atoms with Crippen molar-refractivity contribution in [3.8, 4) is 0 Å². The van der Waals surface area contributed by atoms with Gasteiger partial charge in [0, 0.05) is 5.56 Å². The van der Waals surface area contributed by atoms with Gasteiger partial charge >= 0.3 is 6.09 Å². The van der Waals surface area contributed by atoms with Crippen LogP contribution in [0.2, 0.25) is 5.02 Å². The van der Waals surface area contributed by atoms with Crippen molar-refractivity contribution in [3.05, 3.63) is 34.6 Å². The van der Waals surface area contributed by atoms with Crippen molar-refractivity contribution < 1.29 is 13.9 Å². The highest BCUT2D eigenvalue weighted by Crippen LogP contribution is 2.16. The first-order valence-corrected chi connectivity index (χ1v) is 4.34. The maximum Gasteiger partial charge on any atom is 0.427 e. The van der Waals surface area contributed by atoms with Crippen LogP contribution in [0.15, 0.2) is 23.3 Å². The maximum atomic E-state index is 13.1. The predicted molar refractivity (Wildman–Crippen MR) is 54.5 cm³/mol. The van der Waals surface area contributed by atoms with E-state index in [-0.39, 0.29) is 10.6 Å². The quantitative estimate of drug-likeness (QED) is 0.625. The van der Waals surface area contributed by atoms with Gasteiger partial charge in [-0.05, 0) is 12.1 Å². The molecule has 0 spiro atoms. The molecule has 1 aromatic rings. The number of hydrogen-bond acceptors (Lipinski definition) is 3. The Bertz CT molecular complexity index is 375. The zero-order valence-corrected chi connectivity index (χ0v) is 8.58. The molecule has 0 bridgehead atoms. The Hall–Kier alpha value is -1.62. The molecule has 80 valence electrons. The fourth-order valence-electron chi connectivity index (χ4n) is 0.829. The minimum atomic E-state index is -0.737. The van der Waals surface area contributed by atoms with Crippen LogP contribution in [-0.2, 0) is 4.74 Å². The monoisotopic (exact) mass is 230 g/mol. The first kappa shape index (κ1) is 11.5. The molecule has 0 saturated heterocycles. The van der Waals surface area contributed by atoms with Crippen LogP contribution in [0.4, 0.5) is 9.18 Å². The summed E-state index contributed by atoms with van der Waals surface area (Å²) in [7, 11) is 1.20. The van der Waals surface area contributed by atoms with E-state index in [4.69, 9.17) is 11.6 Å². The summed E-state index contributed by atoms with van der Waals surface area (Å²) in [5.41, 5.74) is 2.13. The third kappa shape index (κ3) is 3.21. The van der Waals surface area contributed by atoms with Crippen LogP contribution in [0, 0.1) is 5.82 Å². The molecule has 1 N–H and O–H groups in total. The van der Waals surface area contributed by atoms with E-state index in [1.54, 1.807) is 0 Å². The van der Waals surface area contributed by atoms with Gasteiger partial charge in [0.1, 0.15) is 5.82 Å². The van der Waals surface area contributed by atoms with Gasteiger partial charge < -0.3 is 4.74 Å². The average Bonchev–Trinajstić information content (AvgIpc) is 2.22. The fourth-order valence-corrected chi connectivity index (χ4v) is 1.04. The van der Waals surface area contributed by atoms with Gasteiger partial charge in [0.05, 0.1) is 18.3 Å². The second-order valence-electron chi connectivity index (χ2n) is 2.50. The molecule has 0 aliphatic carbocycles.